The normalized spacial score (nSPS) is 10.8. The lowest BCUT2D eigenvalue weighted by Crippen LogP contribution is -2.12. The average molecular weight is 283 g/mol. The number of aryl methyl sites for hydroxylation is 1. The average Bonchev–Trinajstić information content (AvgIpc) is 2.95. The van der Waals surface area contributed by atoms with E-state index in [2.05, 4.69) is 10.4 Å². The minimum atomic E-state index is -0.332. The summed E-state index contributed by atoms with van der Waals surface area (Å²) in [5.41, 5.74) is 1.06. The summed E-state index contributed by atoms with van der Waals surface area (Å²) in [7, 11) is 0. The smallest absolute Gasteiger partial charge is 0.256 e. The highest BCUT2D eigenvalue weighted by molar-refractivity contribution is 6.12. The first-order chi connectivity index (χ1) is 10.2. The molecule has 0 spiro atoms. The van der Waals surface area contributed by atoms with Crippen LogP contribution in [0.25, 0.3) is 10.8 Å². The molecule has 1 aromatic heterocycles. The summed E-state index contributed by atoms with van der Waals surface area (Å²) in [5.74, 6) is -0.609. The molecule has 1 N–H and O–H groups in total. The molecular weight excluding hydrogens is 269 g/mol. The highest BCUT2D eigenvalue weighted by atomic mass is 19.1. The Morgan fingerprint density at radius 3 is 2.71 bits per heavy atom. The van der Waals surface area contributed by atoms with Gasteiger partial charge in [-0.3, -0.25) is 9.48 Å². The third-order valence-corrected chi connectivity index (χ3v) is 3.33. The van der Waals surface area contributed by atoms with Gasteiger partial charge in [-0.2, -0.15) is 5.10 Å². The summed E-state index contributed by atoms with van der Waals surface area (Å²) in [6.07, 6.45) is 3.34. The van der Waals surface area contributed by atoms with Crippen LogP contribution in [-0.4, -0.2) is 15.7 Å². The van der Waals surface area contributed by atoms with E-state index < -0.39 is 0 Å². The van der Waals surface area contributed by atoms with Crippen LogP contribution in [0.15, 0.2) is 48.8 Å². The van der Waals surface area contributed by atoms with Crippen LogP contribution in [-0.2, 0) is 6.54 Å². The Balaban J connectivity index is 1.96. The number of carbonyl (C=O) groups is 1. The number of hydrogen-bond acceptors (Lipinski definition) is 2. The van der Waals surface area contributed by atoms with Gasteiger partial charge in [0.05, 0.1) is 11.9 Å². The van der Waals surface area contributed by atoms with E-state index in [4.69, 9.17) is 0 Å². The largest absolute Gasteiger partial charge is 0.319 e. The van der Waals surface area contributed by atoms with Crippen LogP contribution in [0.4, 0.5) is 10.1 Å². The number of fused-ring (bicyclic) bond motifs is 1. The number of carbonyl (C=O) groups excluding carboxylic acids is 1. The van der Waals surface area contributed by atoms with Gasteiger partial charge in [0, 0.05) is 23.7 Å². The minimum Gasteiger partial charge on any atom is -0.319 e. The van der Waals surface area contributed by atoms with Gasteiger partial charge in [-0.05, 0) is 24.4 Å². The SMILES string of the molecule is CCn1cc(NC(=O)c2ccc(F)c3ccccc23)cn1. The van der Waals surface area contributed by atoms with E-state index in [-0.39, 0.29) is 11.7 Å². The van der Waals surface area contributed by atoms with E-state index in [0.717, 1.165) is 6.54 Å². The monoisotopic (exact) mass is 283 g/mol. The van der Waals surface area contributed by atoms with Crippen LogP contribution in [0.3, 0.4) is 0 Å². The lowest BCUT2D eigenvalue weighted by atomic mass is 10.0. The number of nitrogens with zero attached hydrogens (tertiary/aromatic N) is 2. The third-order valence-electron chi connectivity index (χ3n) is 3.33. The second-order valence-electron chi connectivity index (χ2n) is 4.68. The Morgan fingerprint density at radius 1 is 1.24 bits per heavy atom. The molecule has 21 heavy (non-hydrogen) atoms. The molecule has 2 aromatic carbocycles. The highest BCUT2D eigenvalue weighted by Gasteiger charge is 2.13. The molecule has 0 saturated heterocycles. The first kappa shape index (κ1) is 13.3. The number of aromatic nitrogens is 2. The molecule has 0 aliphatic carbocycles. The van der Waals surface area contributed by atoms with E-state index in [9.17, 15) is 9.18 Å². The summed E-state index contributed by atoms with van der Waals surface area (Å²) >= 11 is 0. The Morgan fingerprint density at radius 2 is 2.00 bits per heavy atom. The van der Waals surface area contributed by atoms with Crippen molar-refractivity contribution in [3.05, 3.63) is 60.2 Å². The van der Waals surface area contributed by atoms with Gasteiger partial charge in [-0.25, -0.2) is 4.39 Å². The fraction of sp³-hybridized carbons (Fsp3) is 0.125. The van der Waals surface area contributed by atoms with Crippen LogP contribution in [0.2, 0.25) is 0 Å². The number of rotatable bonds is 3. The standard InChI is InChI=1S/C16H14FN3O/c1-2-20-10-11(9-18-20)19-16(21)14-7-8-15(17)13-6-4-3-5-12(13)14/h3-10H,2H2,1H3,(H,19,21). The van der Waals surface area contributed by atoms with Crippen molar-refractivity contribution in [2.75, 3.05) is 5.32 Å². The molecule has 1 amide bonds. The predicted molar refractivity (Wildman–Crippen MR) is 79.8 cm³/mol. The first-order valence-electron chi connectivity index (χ1n) is 6.70. The second-order valence-corrected chi connectivity index (χ2v) is 4.68. The lowest BCUT2D eigenvalue weighted by Gasteiger charge is -2.07. The Bertz CT molecular complexity index is 810. The van der Waals surface area contributed by atoms with Gasteiger partial charge in [0.1, 0.15) is 5.82 Å². The zero-order chi connectivity index (χ0) is 14.8. The van der Waals surface area contributed by atoms with Crippen molar-refractivity contribution in [3.8, 4) is 0 Å². The maximum absolute atomic E-state index is 13.8. The number of nitrogens with one attached hydrogen (secondary N) is 1. The van der Waals surface area contributed by atoms with Gasteiger partial charge in [-0.1, -0.05) is 24.3 Å². The summed E-state index contributed by atoms with van der Waals surface area (Å²) < 4.78 is 15.5. The fourth-order valence-corrected chi connectivity index (χ4v) is 2.26. The van der Waals surface area contributed by atoms with Crippen molar-refractivity contribution in [3.63, 3.8) is 0 Å². The van der Waals surface area contributed by atoms with Crippen LogP contribution >= 0.6 is 0 Å². The van der Waals surface area contributed by atoms with Crippen molar-refractivity contribution in [1.82, 2.24) is 9.78 Å². The fourth-order valence-electron chi connectivity index (χ4n) is 2.26. The van der Waals surface area contributed by atoms with Gasteiger partial charge < -0.3 is 5.32 Å². The summed E-state index contributed by atoms with van der Waals surface area (Å²) in [4.78, 5) is 12.4. The minimum absolute atomic E-state index is 0.276. The molecule has 3 aromatic rings. The number of anilines is 1. The zero-order valence-electron chi connectivity index (χ0n) is 11.5. The number of benzene rings is 2. The van der Waals surface area contributed by atoms with Crippen LogP contribution in [0.1, 0.15) is 17.3 Å². The van der Waals surface area contributed by atoms with Crippen molar-refractivity contribution in [1.29, 1.82) is 0 Å². The summed E-state index contributed by atoms with van der Waals surface area (Å²) in [6, 6.07) is 9.75. The number of halogens is 1. The molecule has 3 rings (SSSR count). The van der Waals surface area contributed by atoms with Crippen molar-refractivity contribution in [2.45, 2.75) is 13.5 Å². The lowest BCUT2D eigenvalue weighted by molar-refractivity contribution is 0.102. The summed E-state index contributed by atoms with van der Waals surface area (Å²) in [6.45, 7) is 2.70. The molecule has 0 radical (unpaired) electrons. The van der Waals surface area contributed by atoms with E-state index in [1.807, 2.05) is 6.92 Å². The molecule has 0 atom stereocenters. The van der Waals surface area contributed by atoms with E-state index in [0.29, 0.717) is 22.0 Å². The predicted octanol–water partition coefficient (Wildman–Crippen LogP) is 3.45. The Labute approximate surface area is 121 Å². The summed E-state index contributed by atoms with van der Waals surface area (Å²) in [5, 5.41) is 7.91. The molecule has 0 saturated carbocycles. The first-order valence-corrected chi connectivity index (χ1v) is 6.70. The molecule has 0 aliphatic heterocycles. The Kier molecular flexibility index (Phi) is 3.39. The highest BCUT2D eigenvalue weighted by Crippen LogP contribution is 2.22. The van der Waals surface area contributed by atoms with E-state index in [1.165, 1.54) is 12.1 Å². The van der Waals surface area contributed by atoms with Crippen LogP contribution in [0.5, 0.6) is 0 Å². The number of hydrogen-bond donors (Lipinski definition) is 1. The molecule has 0 unspecified atom stereocenters. The molecule has 106 valence electrons. The molecule has 0 aliphatic rings. The maximum Gasteiger partial charge on any atom is 0.256 e. The van der Waals surface area contributed by atoms with Crippen molar-refractivity contribution in [2.24, 2.45) is 0 Å². The van der Waals surface area contributed by atoms with Crippen LogP contribution in [0, 0.1) is 5.82 Å². The third kappa shape index (κ3) is 2.50. The second kappa shape index (κ2) is 5.36. The van der Waals surface area contributed by atoms with E-state index in [1.54, 1.807) is 41.3 Å². The molecule has 5 heteroatoms. The zero-order valence-corrected chi connectivity index (χ0v) is 11.5. The number of amides is 1. The topological polar surface area (TPSA) is 46.9 Å². The molecule has 4 nitrogen and oxygen atoms in total. The van der Waals surface area contributed by atoms with Gasteiger partial charge in [0.2, 0.25) is 0 Å². The quantitative estimate of drug-likeness (QED) is 0.800. The maximum atomic E-state index is 13.8. The van der Waals surface area contributed by atoms with Gasteiger partial charge >= 0.3 is 0 Å². The van der Waals surface area contributed by atoms with E-state index >= 15 is 0 Å². The van der Waals surface area contributed by atoms with Gasteiger partial charge in [-0.15, -0.1) is 0 Å². The van der Waals surface area contributed by atoms with Crippen LogP contribution < -0.4 is 5.32 Å². The molecule has 0 bridgehead atoms. The molecular formula is C16H14FN3O. The van der Waals surface area contributed by atoms with Crippen molar-refractivity contribution < 1.29 is 9.18 Å². The van der Waals surface area contributed by atoms with Crippen molar-refractivity contribution >= 4 is 22.4 Å². The van der Waals surface area contributed by atoms with Gasteiger partial charge in [0.15, 0.2) is 0 Å². The molecule has 1 heterocycles. The Hall–Kier alpha value is -2.69. The van der Waals surface area contributed by atoms with Gasteiger partial charge in [0.25, 0.3) is 5.91 Å². The molecule has 0 fully saturated rings.